The number of aliphatic imine (C=N–C) groups is 1. The molecule has 0 bridgehead atoms. The van der Waals surface area contributed by atoms with Gasteiger partial charge in [0, 0.05) is 45.0 Å². The second-order valence-electron chi connectivity index (χ2n) is 6.70. The summed E-state index contributed by atoms with van der Waals surface area (Å²) >= 11 is 1.66. The summed E-state index contributed by atoms with van der Waals surface area (Å²) in [6.07, 6.45) is 0.494. The molecule has 0 radical (unpaired) electrons. The molecule has 0 aliphatic rings. The van der Waals surface area contributed by atoms with Crippen LogP contribution in [0.1, 0.15) is 38.4 Å². The minimum atomic E-state index is -0.483. The SMILES string of the molecule is CCNC(=NCCc1csc(C)n1)NCCN(C)C(=O)OC(C)(C)C.I. The summed E-state index contributed by atoms with van der Waals surface area (Å²) in [5, 5.41) is 9.58. The molecule has 0 aliphatic carbocycles. The van der Waals surface area contributed by atoms with Crippen LogP contribution < -0.4 is 10.6 Å². The van der Waals surface area contributed by atoms with Gasteiger partial charge in [-0.25, -0.2) is 9.78 Å². The van der Waals surface area contributed by atoms with Gasteiger partial charge in [-0.05, 0) is 34.6 Å². The first-order chi connectivity index (χ1) is 11.7. The molecule has 1 amide bonds. The summed E-state index contributed by atoms with van der Waals surface area (Å²) in [6.45, 7) is 12.2. The second kappa shape index (κ2) is 12.3. The molecule has 9 heteroatoms. The predicted octanol–water partition coefficient (Wildman–Crippen LogP) is 3.03. The summed E-state index contributed by atoms with van der Waals surface area (Å²) in [6, 6.07) is 0. The Morgan fingerprint density at radius 2 is 2.08 bits per heavy atom. The van der Waals surface area contributed by atoms with Crippen LogP contribution >= 0.6 is 35.3 Å². The molecule has 1 aromatic rings. The van der Waals surface area contributed by atoms with Gasteiger partial charge in [0.1, 0.15) is 5.60 Å². The van der Waals surface area contributed by atoms with E-state index in [0.29, 0.717) is 19.6 Å². The molecule has 0 atom stereocenters. The highest BCUT2D eigenvalue weighted by molar-refractivity contribution is 14.0. The van der Waals surface area contributed by atoms with Crippen LogP contribution in [-0.4, -0.2) is 60.8 Å². The Labute approximate surface area is 178 Å². The zero-order valence-corrected chi connectivity index (χ0v) is 19.7. The van der Waals surface area contributed by atoms with Crippen LogP contribution in [-0.2, 0) is 11.2 Å². The van der Waals surface area contributed by atoms with E-state index in [1.54, 1.807) is 23.3 Å². The van der Waals surface area contributed by atoms with Crippen LogP contribution in [0.4, 0.5) is 4.79 Å². The van der Waals surface area contributed by atoms with Crippen molar-refractivity contribution in [2.24, 2.45) is 4.99 Å². The number of nitrogens with one attached hydrogen (secondary N) is 2. The molecule has 0 spiro atoms. The van der Waals surface area contributed by atoms with Gasteiger partial charge in [-0.3, -0.25) is 4.99 Å². The van der Waals surface area contributed by atoms with Crippen molar-refractivity contribution in [1.82, 2.24) is 20.5 Å². The van der Waals surface area contributed by atoms with Gasteiger partial charge in [0.25, 0.3) is 0 Å². The maximum Gasteiger partial charge on any atom is 0.410 e. The van der Waals surface area contributed by atoms with Crippen molar-refractivity contribution in [3.8, 4) is 0 Å². The number of aryl methyl sites for hydroxylation is 1. The lowest BCUT2D eigenvalue weighted by Gasteiger charge is -2.24. The molecule has 1 heterocycles. The lowest BCUT2D eigenvalue weighted by Crippen LogP contribution is -2.43. The van der Waals surface area contributed by atoms with Crippen LogP contribution in [0.5, 0.6) is 0 Å². The Morgan fingerprint density at radius 3 is 2.62 bits per heavy atom. The number of hydrogen-bond acceptors (Lipinski definition) is 5. The summed E-state index contributed by atoms with van der Waals surface area (Å²) in [7, 11) is 1.73. The number of carbonyl (C=O) groups is 1. The molecule has 7 nitrogen and oxygen atoms in total. The van der Waals surface area contributed by atoms with Crippen LogP contribution in [0.3, 0.4) is 0 Å². The molecule has 0 aliphatic heterocycles. The molecule has 0 saturated carbocycles. The van der Waals surface area contributed by atoms with Crippen molar-refractivity contribution in [2.45, 2.75) is 46.6 Å². The third kappa shape index (κ3) is 10.8. The number of thiazole rings is 1. The maximum atomic E-state index is 11.9. The van der Waals surface area contributed by atoms with Crippen LogP contribution in [0.25, 0.3) is 0 Å². The van der Waals surface area contributed by atoms with E-state index in [9.17, 15) is 4.79 Å². The molecule has 0 aromatic carbocycles. The Balaban J connectivity index is 0.00000625. The van der Waals surface area contributed by atoms with E-state index in [0.717, 1.165) is 29.6 Å². The average molecular weight is 497 g/mol. The van der Waals surface area contributed by atoms with E-state index in [1.165, 1.54) is 0 Å². The number of rotatable bonds is 7. The maximum absolute atomic E-state index is 11.9. The van der Waals surface area contributed by atoms with E-state index in [-0.39, 0.29) is 30.1 Å². The molecule has 0 saturated heterocycles. The number of halogens is 1. The van der Waals surface area contributed by atoms with Gasteiger partial charge in [-0.2, -0.15) is 0 Å². The fourth-order valence-corrected chi connectivity index (χ4v) is 2.57. The summed E-state index contributed by atoms with van der Waals surface area (Å²) in [5.74, 6) is 0.743. The van der Waals surface area contributed by atoms with Crippen molar-refractivity contribution < 1.29 is 9.53 Å². The van der Waals surface area contributed by atoms with E-state index >= 15 is 0 Å². The second-order valence-corrected chi connectivity index (χ2v) is 7.76. The van der Waals surface area contributed by atoms with E-state index in [2.05, 4.69) is 26.0 Å². The zero-order valence-electron chi connectivity index (χ0n) is 16.6. The van der Waals surface area contributed by atoms with Crippen molar-refractivity contribution in [3.63, 3.8) is 0 Å². The minimum Gasteiger partial charge on any atom is -0.444 e. The fourth-order valence-electron chi connectivity index (χ4n) is 1.92. The Morgan fingerprint density at radius 1 is 1.38 bits per heavy atom. The van der Waals surface area contributed by atoms with Crippen molar-refractivity contribution in [3.05, 3.63) is 16.1 Å². The number of amides is 1. The zero-order chi connectivity index (χ0) is 18.9. The lowest BCUT2D eigenvalue weighted by atomic mass is 10.2. The normalized spacial score (nSPS) is 11.5. The van der Waals surface area contributed by atoms with Crippen LogP contribution in [0.2, 0.25) is 0 Å². The summed E-state index contributed by atoms with van der Waals surface area (Å²) < 4.78 is 5.33. The third-order valence-electron chi connectivity index (χ3n) is 3.09. The predicted molar refractivity (Wildman–Crippen MR) is 119 cm³/mol. The number of guanidine groups is 1. The molecule has 1 aromatic heterocycles. The van der Waals surface area contributed by atoms with E-state index < -0.39 is 5.60 Å². The van der Waals surface area contributed by atoms with Gasteiger partial charge in [0.05, 0.1) is 10.7 Å². The van der Waals surface area contributed by atoms with Gasteiger partial charge in [-0.15, -0.1) is 35.3 Å². The van der Waals surface area contributed by atoms with Gasteiger partial charge in [0.15, 0.2) is 5.96 Å². The highest BCUT2D eigenvalue weighted by atomic mass is 127. The number of carbonyl (C=O) groups excluding carboxylic acids is 1. The summed E-state index contributed by atoms with van der Waals surface area (Å²) in [5.41, 5.74) is 0.593. The molecule has 0 unspecified atom stereocenters. The topological polar surface area (TPSA) is 78.9 Å². The Hall–Kier alpha value is -1.10. The molecular weight excluding hydrogens is 465 g/mol. The van der Waals surface area contributed by atoms with Crippen molar-refractivity contribution in [1.29, 1.82) is 0 Å². The molecule has 150 valence electrons. The first-order valence-corrected chi connectivity index (χ1v) is 9.46. The average Bonchev–Trinajstić information content (AvgIpc) is 2.91. The monoisotopic (exact) mass is 497 g/mol. The van der Waals surface area contributed by atoms with Gasteiger partial charge in [-0.1, -0.05) is 0 Å². The number of likely N-dealkylation sites (N-methyl/N-ethyl adjacent to an activating group) is 1. The van der Waals surface area contributed by atoms with Crippen molar-refractivity contribution >= 4 is 47.4 Å². The number of hydrogen-bond donors (Lipinski definition) is 2. The van der Waals surface area contributed by atoms with Crippen LogP contribution in [0, 0.1) is 6.92 Å². The van der Waals surface area contributed by atoms with Gasteiger partial charge >= 0.3 is 6.09 Å². The highest BCUT2D eigenvalue weighted by Gasteiger charge is 2.19. The minimum absolute atomic E-state index is 0. The number of ether oxygens (including phenoxy) is 1. The quantitative estimate of drug-likeness (QED) is 0.344. The van der Waals surface area contributed by atoms with Gasteiger partial charge < -0.3 is 20.3 Å². The first-order valence-electron chi connectivity index (χ1n) is 8.58. The lowest BCUT2D eigenvalue weighted by molar-refractivity contribution is 0.0302. The Bertz CT molecular complexity index is 572. The summed E-state index contributed by atoms with van der Waals surface area (Å²) in [4.78, 5) is 22.5. The highest BCUT2D eigenvalue weighted by Crippen LogP contribution is 2.09. The third-order valence-corrected chi connectivity index (χ3v) is 3.92. The number of aromatic nitrogens is 1. The molecule has 2 N–H and O–H groups in total. The smallest absolute Gasteiger partial charge is 0.410 e. The van der Waals surface area contributed by atoms with E-state index in [4.69, 9.17) is 4.74 Å². The molecule has 26 heavy (non-hydrogen) atoms. The molecule has 0 fully saturated rings. The standard InChI is InChI=1S/C17H31N5O2S.HI/c1-7-18-15(19-9-8-14-12-25-13(2)21-14)20-10-11-22(6)16(23)24-17(3,4)5;/h12H,7-11H2,1-6H3,(H2,18,19,20);1H. The van der Waals surface area contributed by atoms with E-state index in [1.807, 2.05) is 34.6 Å². The van der Waals surface area contributed by atoms with Gasteiger partial charge in [0.2, 0.25) is 0 Å². The molecule has 1 rings (SSSR count). The van der Waals surface area contributed by atoms with Crippen molar-refractivity contribution in [2.75, 3.05) is 33.2 Å². The largest absolute Gasteiger partial charge is 0.444 e. The first kappa shape index (κ1) is 24.9. The number of nitrogens with zero attached hydrogens (tertiary/aromatic N) is 3. The molecular formula is C17H32IN5O2S. The fraction of sp³-hybridized carbons (Fsp3) is 0.706. The Kier molecular flexibility index (Phi) is 11.8. The van der Waals surface area contributed by atoms with Crippen LogP contribution in [0.15, 0.2) is 10.4 Å².